The predicted molar refractivity (Wildman–Crippen MR) is 57.5 cm³/mol. The average molecular weight is 194 g/mol. The zero-order valence-electron chi connectivity index (χ0n) is 8.86. The fourth-order valence-corrected chi connectivity index (χ4v) is 1.34. The van der Waals surface area contributed by atoms with Crippen LogP contribution in [0.2, 0.25) is 0 Å². The first kappa shape index (κ1) is 11.2. The molecule has 0 radical (unpaired) electrons. The second-order valence-electron chi connectivity index (χ2n) is 3.57. The van der Waals surface area contributed by atoms with Crippen LogP contribution in [0, 0.1) is 0 Å². The molecule has 0 aliphatic carbocycles. The van der Waals surface area contributed by atoms with Gasteiger partial charge in [0.15, 0.2) is 0 Å². The number of methoxy groups -OCH3 is 1. The molecule has 2 nitrogen and oxygen atoms in total. The third-order valence-corrected chi connectivity index (χ3v) is 2.42. The quantitative estimate of drug-likeness (QED) is 0.776. The molecule has 0 aromatic heterocycles. The Hall–Kier alpha value is -0.860. The van der Waals surface area contributed by atoms with Crippen molar-refractivity contribution in [3.63, 3.8) is 0 Å². The van der Waals surface area contributed by atoms with Gasteiger partial charge in [0, 0.05) is 19.6 Å². The summed E-state index contributed by atoms with van der Waals surface area (Å²) < 4.78 is 5.00. The van der Waals surface area contributed by atoms with Gasteiger partial charge in [0.2, 0.25) is 0 Å². The number of hydrogen-bond acceptors (Lipinski definition) is 2. The lowest BCUT2D eigenvalue weighted by Crippen LogP contribution is -1.99. The molecule has 1 atom stereocenters. The standard InChI is InChI=1S/C12H18O2/c1-10(9-13)12-5-3-11(4-6-12)7-8-14-2/h3-6,10,13H,7-9H2,1-2H3. The summed E-state index contributed by atoms with van der Waals surface area (Å²) in [5, 5.41) is 8.98. The van der Waals surface area contributed by atoms with Gasteiger partial charge >= 0.3 is 0 Å². The smallest absolute Gasteiger partial charge is 0.0502 e. The number of benzene rings is 1. The van der Waals surface area contributed by atoms with E-state index in [-0.39, 0.29) is 12.5 Å². The van der Waals surface area contributed by atoms with Crippen molar-refractivity contribution < 1.29 is 9.84 Å². The predicted octanol–water partition coefficient (Wildman–Crippen LogP) is 1.97. The lowest BCUT2D eigenvalue weighted by molar-refractivity contribution is 0.202. The van der Waals surface area contributed by atoms with Crippen LogP contribution in [0.1, 0.15) is 24.0 Å². The summed E-state index contributed by atoms with van der Waals surface area (Å²) in [5.74, 6) is 0.228. The van der Waals surface area contributed by atoms with E-state index in [2.05, 4.69) is 24.3 Å². The molecule has 14 heavy (non-hydrogen) atoms. The highest BCUT2D eigenvalue weighted by atomic mass is 16.5. The molecule has 1 aromatic carbocycles. The van der Waals surface area contributed by atoms with E-state index in [0.29, 0.717) is 0 Å². The first-order valence-electron chi connectivity index (χ1n) is 4.96. The van der Waals surface area contributed by atoms with Crippen molar-refractivity contribution in [3.8, 4) is 0 Å². The Labute approximate surface area is 85.5 Å². The molecule has 78 valence electrons. The lowest BCUT2D eigenvalue weighted by atomic mass is 10.00. The summed E-state index contributed by atoms with van der Waals surface area (Å²) in [6.07, 6.45) is 0.949. The molecule has 0 heterocycles. The first-order valence-corrected chi connectivity index (χ1v) is 4.96. The highest BCUT2D eigenvalue weighted by Gasteiger charge is 2.02. The number of rotatable bonds is 5. The van der Waals surface area contributed by atoms with Crippen LogP contribution in [0.15, 0.2) is 24.3 Å². The Morgan fingerprint density at radius 1 is 1.29 bits per heavy atom. The molecular formula is C12H18O2. The van der Waals surface area contributed by atoms with Gasteiger partial charge in [0.05, 0.1) is 6.61 Å². The maximum Gasteiger partial charge on any atom is 0.0502 e. The number of aliphatic hydroxyl groups is 1. The summed E-state index contributed by atoms with van der Waals surface area (Å²) in [6, 6.07) is 8.35. The molecule has 2 heteroatoms. The Morgan fingerprint density at radius 2 is 1.93 bits per heavy atom. The van der Waals surface area contributed by atoms with E-state index in [1.807, 2.05) is 6.92 Å². The molecule has 0 bridgehead atoms. The molecule has 1 unspecified atom stereocenters. The molecule has 0 amide bonds. The van der Waals surface area contributed by atoms with Gasteiger partial charge in [-0.2, -0.15) is 0 Å². The van der Waals surface area contributed by atoms with Gasteiger partial charge in [-0.15, -0.1) is 0 Å². The lowest BCUT2D eigenvalue weighted by Gasteiger charge is -2.08. The van der Waals surface area contributed by atoms with Gasteiger partial charge in [0.25, 0.3) is 0 Å². The highest BCUT2D eigenvalue weighted by Crippen LogP contribution is 2.15. The molecule has 0 aliphatic rings. The van der Waals surface area contributed by atoms with E-state index in [1.54, 1.807) is 7.11 Å². The topological polar surface area (TPSA) is 29.5 Å². The minimum atomic E-state index is 0.206. The van der Waals surface area contributed by atoms with Crippen LogP contribution < -0.4 is 0 Å². The number of hydrogen-bond donors (Lipinski definition) is 1. The zero-order chi connectivity index (χ0) is 10.4. The van der Waals surface area contributed by atoms with Gasteiger partial charge in [0.1, 0.15) is 0 Å². The first-order chi connectivity index (χ1) is 6.77. The second kappa shape index (κ2) is 5.78. The van der Waals surface area contributed by atoms with Crippen molar-refractivity contribution in [1.29, 1.82) is 0 Å². The summed E-state index contributed by atoms with van der Waals surface area (Å²) in [4.78, 5) is 0. The Balaban J connectivity index is 2.59. The van der Waals surface area contributed by atoms with Gasteiger partial charge < -0.3 is 9.84 Å². The van der Waals surface area contributed by atoms with Gasteiger partial charge in [-0.1, -0.05) is 31.2 Å². The molecular weight excluding hydrogens is 176 g/mol. The molecule has 1 aromatic rings. The average Bonchev–Trinajstić information content (AvgIpc) is 2.26. The molecule has 1 rings (SSSR count). The van der Waals surface area contributed by atoms with Gasteiger partial charge in [-0.3, -0.25) is 0 Å². The maximum absolute atomic E-state index is 8.98. The van der Waals surface area contributed by atoms with Crippen LogP contribution in [-0.2, 0) is 11.2 Å². The van der Waals surface area contributed by atoms with Crippen molar-refractivity contribution in [2.45, 2.75) is 19.3 Å². The maximum atomic E-state index is 8.98. The Morgan fingerprint density at radius 3 is 2.43 bits per heavy atom. The van der Waals surface area contributed by atoms with E-state index in [1.165, 1.54) is 11.1 Å². The molecule has 0 saturated carbocycles. The third-order valence-electron chi connectivity index (χ3n) is 2.42. The third kappa shape index (κ3) is 3.13. The largest absolute Gasteiger partial charge is 0.396 e. The molecule has 1 N–H and O–H groups in total. The number of aliphatic hydroxyl groups excluding tert-OH is 1. The molecule has 0 aliphatic heterocycles. The van der Waals surface area contributed by atoms with Gasteiger partial charge in [-0.25, -0.2) is 0 Å². The van der Waals surface area contributed by atoms with Crippen molar-refractivity contribution in [2.24, 2.45) is 0 Å². The van der Waals surface area contributed by atoms with E-state index in [4.69, 9.17) is 9.84 Å². The summed E-state index contributed by atoms with van der Waals surface area (Å²) in [5.41, 5.74) is 2.47. The van der Waals surface area contributed by atoms with E-state index >= 15 is 0 Å². The van der Waals surface area contributed by atoms with Crippen molar-refractivity contribution >= 4 is 0 Å². The van der Waals surface area contributed by atoms with Crippen LogP contribution >= 0.6 is 0 Å². The Bertz CT molecular complexity index is 254. The van der Waals surface area contributed by atoms with Crippen LogP contribution in [0.25, 0.3) is 0 Å². The summed E-state index contributed by atoms with van der Waals surface area (Å²) >= 11 is 0. The molecule has 0 spiro atoms. The Kier molecular flexibility index (Phi) is 4.63. The van der Waals surface area contributed by atoms with Crippen LogP contribution in [0.3, 0.4) is 0 Å². The second-order valence-corrected chi connectivity index (χ2v) is 3.57. The summed E-state index contributed by atoms with van der Waals surface area (Å²) in [6.45, 7) is 2.98. The van der Waals surface area contributed by atoms with Crippen LogP contribution in [-0.4, -0.2) is 25.4 Å². The monoisotopic (exact) mass is 194 g/mol. The molecule has 0 fully saturated rings. The highest BCUT2D eigenvalue weighted by molar-refractivity contribution is 5.25. The van der Waals surface area contributed by atoms with E-state index in [9.17, 15) is 0 Å². The van der Waals surface area contributed by atoms with Crippen molar-refractivity contribution in [1.82, 2.24) is 0 Å². The van der Waals surface area contributed by atoms with E-state index < -0.39 is 0 Å². The number of ether oxygens (including phenoxy) is 1. The van der Waals surface area contributed by atoms with E-state index in [0.717, 1.165) is 13.0 Å². The van der Waals surface area contributed by atoms with Crippen LogP contribution in [0.4, 0.5) is 0 Å². The normalized spacial score (nSPS) is 12.8. The fourth-order valence-electron chi connectivity index (χ4n) is 1.34. The zero-order valence-corrected chi connectivity index (χ0v) is 8.86. The van der Waals surface area contributed by atoms with Crippen LogP contribution in [0.5, 0.6) is 0 Å². The van der Waals surface area contributed by atoms with Crippen molar-refractivity contribution in [3.05, 3.63) is 35.4 Å². The SMILES string of the molecule is COCCc1ccc(C(C)CO)cc1. The fraction of sp³-hybridized carbons (Fsp3) is 0.500. The minimum absolute atomic E-state index is 0.206. The molecule has 0 saturated heterocycles. The van der Waals surface area contributed by atoms with Gasteiger partial charge in [-0.05, 0) is 17.5 Å². The van der Waals surface area contributed by atoms with Crippen molar-refractivity contribution in [2.75, 3.05) is 20.3 Å². The minimum Gasteiger partial charge on any atom is -0.396 e. The summed E-state index contributed by atoms with van der Waals surface area (Å²) in [7, 11) is 1.71.